The molecular weight excluding hydrogens is 282 g/mol. The van der Waals surface area contributed by atoms with Crippen molar-refractivity contribution < 1.29 is 9.63 Å². The zero-order valence-corrected chi connectivity index (χ0v) is 12.3. The van der Waals surface area contributed by atoms with Crippen molar-refractivity contribution in [3.63, 3.8) is 0 Å². The maximum absolute atomic E-state index is 12.7. The number of aryl methyl sites for hydroxylation is 2. The molecule has 0 unspecified atom stereocenters. The number of benzene rings is 1. The zero-order chi connectivity index (χ0) is 15.4. The molecule has 0 aliphatic carbocycles. The zero-order valence-electron chi connectivity index (χ0n) is 12.3. The van der Waals surface area contributed by atoms with Crippen LogP contribution in [0.5, 0.6) is 5.88 Å². The van der Waals surface area contributed by atoms with Gasteiger partial charge in [-0.05, 0) is 25.0 Å². The molecule has 0 radical (unpaired) electrons. The van der Waals surface area contributed by atoms with Crippen LogP contribution in [0.1, 0.15) is 28.3 Å². The van der Waals surface area contributed by atoms with Gasteiger partial charge in [-0.15, -0.1) is 0 Å². The Morgan fingerprint density at radius 1 is 1.23 bits per heavy atom. The van der Waals surface area contributed by atoms with Gasteiger partial charge in [0.2, 0.25) is 5.88 Å². The van der Waals surface area contributed by atoms with Crippen LogP contribution in [0.25, 0.3) is 5.69 Å². The quantitative estimate of drug-likeness (QED) is 0.582. The van der Waals surface area contributed by atoms with Crippen LogP contribution in [-0.4, -0.2) is 19.4 Å². The fourth-order valence-corrected chi connectivity index (χ4v) is 3.15. The molecule has 1 N–H and O–H groups in total. The smallest absolute Gasteiger partial charge is 0.336 e. The molecule has 0 saturated heterocycles. The molecule has 0 fully saturated rings. The lowest BCUT2D eigenvalue weighted by Gasteiger charge is -2.17. The lowest BCUT2D eigenvalue weighted by molar-refractivity contribution is 0.391. The topological polar surface area (TPSA) is 73.2 Å². The van der Waals surface area contributed by atoms with E-state index in [1.54, 1.807) is 18.4 Å². The van der Waals surface area contributed by atoms with Crippen molar-refractivity contribution in [2.45, 2.75) is 26.8 Å². The van der Waals surface area contributed by atoms with Gasteiger partial charge in [-0.25, -0.2) is 9.36 Å². The first kappa shape index (κ1) is 12.9. The molecular formula is C16H15N3O3. The van der Waals surface area contributed by atoms with Crippen LogP contribution in [0.3, 0.4) is 0 Å². The molecule has 1 aromatic carbocycles. The molecule has 1 aliphatic rings. The fourth-order valence-electron chi connectivity index (χ4n) is 3.15. The Bertz CT molecular complexity index is 927. The second kappa shape index (κ2) is 4.37. The number of rotatable bonds is 1. The van der Waals surface area contributed by atoms with E-state index in [1.165, 1.54) is 4.57 Å². The van der Waals surface area contributed by atoms with Crippen molar-refractivity contribution in [2.24, 2.45) is 0 Å². The number of hydrogen-bond acceptors (Lipinski definition) is 4. The van der Waals surface area contributed by atoms with E-state index < -0.39 is 0 Å². The Hall–Kier alpha value is -2.76. The Morgan fingerprint density at radius 2 is 1.95 bits per heavy atom. The minimum atomic E-state index is -0.267. The van der Waals surface area contributed by atoms with E-state index in [9.17, 15) is 9.90 Å². The number of hydrogen-bond donors (Lipinski definition) is 1. The number of nitrogens with zero attached hydrogens (tertiary/aromatic N) is 3. The van der Waals surface area contributed by atoms with Crippen LogP contribution in [0.4, 0.5) is 0 Å². The van der Waals surface area contributed by atoms with Gasteiger partial charge in [-0.2, -0.15) is 0 Å². The predicted octanol–water partition coefficient (Wildman–Crippen LogP) is 1.90. The summed E-state index contributed by atoms with van der Waals surface area (Å²) in [7, 11) is 0. The highest BCUT2D eigenvalue weighted by Gasteiger charge is 2.27. The second-order valence-corrected chi connectivity index (χ2v) is 5.59. The van der Waals surface area contributed by atoms with E-state index in [1.807, 2.05) is 24.3 Å². The van der Waals surface area contributed by atoms with Crippen LogP contribution in [0, 0.1) is 13.8 Å². The van der Waals surface area contributed by atoms with Crippen LogP contribution in [0.2, 0.25) is 0 Å². The molecule has 0 saturated carbocycles. The Kier molecular flexibility index (Phi) is 2.57. The number of imidazole rings is 1. The van der Waals surface area contributed by atoms with Crippen molar-refractivity contribution in [1.29, 1.82) is 0 Å². The summed E-state index contributed by atoms with van der Waals surface area (Å²) in [6.45, 7) is 3.95. The first-order valence-corrected chi connectivity index (χ1v) is 7.11. The average Bonchev–Trinajstić information content (AvgIpc) is 2.96. The molecule has 3 aromatic rings. The van der Waals surface area contributed by atoms with Gasteiger partial charge in [0.15, 0.2) is 5.76 Å². The summed E-state index contributed by atoms with van der Waals surface area (Å²) in [5.74, 6) is 0.476. The Labute approximate surface area is 126 Å². The summed E-state index contributed by atoms with van der Waals surface area (Å²) in [4.78, 5) is 12.7. The predicted molar refractivity (Wildman–Crippen MR) is 79.6 cm³/mol. The normalized spacial score (nSPS) is 13.0. The summed E-state index contributed by atoms with van der Waals surface area (Å²) < 4.78 is 8.03. The Balaban J connectivity index is 1.96. The van der Waals surface area contributed by atoms with Gasteiger partial charge in [0, 0.05) is 6.42 Å². The van der Waals surface area contributed by atoms with E-state index in [0.29, 0.717) is 35.8 Å². The SMILES string of the molecule is Cc1noc(C)c1-n1c(O)c2n(c1=O)Cc1ccccc1C2. The molecule has 2 aromatic heterocycles. The molecule has 112 valence electrons. The molecule has 4 rings (SSSR count). The van der Waals surface area contributed by atoms with Crippen LogP contribution in [-0.2, 0) is 13.0 Å². The van der Waals surface area contributed by atoms with E-state index in [2.05, 4.69) is 5.16 Å². The number of aromatic hydroxyl groups is 1. The largest absolute Gasteiger partial charge is 0.493 e. The van der Waals surface area contributed by atoms with Crippen molar-refractivity contribution in [3.05, 3.63) is 63.0 Å². The van der Waals surface area contributed by atoms with E-state index in [-0.39, 0.29) is 11.6 Å². The van der Waals surface area contributed by atoms with Gasteiger partial charge in [0.05, 0.1) is 12.2 Å². The highest BCUT2D eigenvalue weighted by atomic mass is 16.5. The summed E-state index contributed by atoms with van der Waals surface area (Å²) >= 11 is 0. The minimum absolute atomic E-state index is 0.0334. The highest BCUT2D eigenvalue weighted by molar-refractivity contribution is 5.46. The molecule has 3 heterocycles. The molecule has 6 heteroatoms. The molecule has 0 atom stereocenters. The van der Waals surface area contributed by atoms with Crippen LogP contribution in [0.15, 0.2) is 33.6 Å². The fraction of sp³-hybridized carbons (Fsp3) is 0.250. The summed E-state index contributed by atoms with van der Waals surface area (Å²) in [5.41, 5.74) is 3.70. The summed E-state index contributed by atoms with van der Waals surface area (Å²) in [6, 6.07) is 7.96. The first-order valence-electron chi connectivity index (χ1n) is 7.11. The maximum Gasteiger partial charge on any atom is 0.336 e. The molecule has 22 heavy (non-hydrogen) atoms. The molecule has 0 amide bonds. The van der Waals surface area contributed by atoms with Gasteiger partial charge in [-0.1, -0.05) is 29.4 Å². The van der Waals surface area contributed by atoms with Crippen LogP contribution >= 0.6 is 0 Å². The number of aromatic nitrogens is 3. The Morgan fingerprint density at radius 3 is 2.64 bits per heavy atom. The second-order valence-electron chi connectivity index (χ2n) is 5.59. The average molecular weight is 297 g/mol. The monoisotopic (exact) mass is 297 g/mol. The van der Waals surface area contributed by atoms with E-state index >= 15 is 0 Å². The summed E-state index contributed by atoms with van der Waals surface area (Å²) in [6.07, 6.45) is 0.535. The van der Waals surface area contributed by atoms with Crippen molar-refractivity contribution in [1.82, 2.24) is 14.3 Å². The van der Waals surface area contributed by atoms with Gasteiger partial charge in [0.25, 0.3) is 0 Å². The maximum atomic E-state index is 12.7. The first-order chi connectivity index (χ1) is 10.6. The van der Waals surface area contributed by atoms with Crippen LogP contribution < -0.4 is 5.69 Å². The highest BCUT2D eigenvalue weighted by Crippen LogP contribution is 2.30. The van der Waals surface area contributed by atoms with Gasteiger partial charge < -0.3 is 9.63 Å². The summed E-state index contributed by atoms with van der Waals surface area (Å²) in [5, 5.41) is 14.4. The van der Waals surface area contributed by atoms with E-state index in [0.717, 1.165) is 11.1 Å². The lowest BCUT2D eigenvalue weighted by atomic mass is 9.99. The van der Waals surface area contributed by atoms with Gasteiger partial charge >= 0.3 is 5.69 Å². The van der Waals surface area contributed by atoms with Crippen molar-refractivity contribution in [3.8, 4) is 11.6 Å². The molecule has 6 nitrogen and oxygen atoms in total. The van der Waals surface area contributed by atoms with E-state index in [4.69, 9.17) is 4.52 Å². The molecule has 1 aliphatic heterocycles. The lowest BCUT2D eigenvalue weighted by Crippen LogP contribution is -2.27. The standard InChI is InChI=1S/C16H15N3O3/c1-9-14(10(2)22-17-9)19-15(20)13-7-11-5-3-4-6-12(11)8-18(13)16(19)21/h3-6,20H,7-8H2,1-2H3. The third-order valence-corrected chi connectivity index (χ3v) is 4.24. The molecule has 0 spiro atoms. The minimum Gasteiger partial charge on any atom is -0.493 e. The third-order valence-electron chi connectivity index (χ3n) is 4.24. The van der Waals surface area contributed by atoms with Gasteiger partial charge in [0.1, 0.15) is 11.4 Å². The van der Waals surface area contributed by atoms with Crippen molar-refractivity contribution in [2.75, 3.05) is 0 Å². The third kappa shape index (κ3) is 1.60. The van der Waals surface area contributed by atoms with Gasteiger partial charge in [-0.3, -0.25) is 4.57 Å². The number of fused-ring (bicyclic) bond motifs is 2. The van der Waals surface area contributed by atoms with Crippen molar-refractivity contribution >= 4 is 0 Å². The molecule has 0 bridgehead atoms.